The molecule has 3 nitrogen and oxygen atoms in total. The van der Waals surface area contributed by atoms with Crippen molar-refractivity contribution in [1.29, 1.82) is 0 Å². The molecule has 0 unspecified atom stereocenters. The second-order valence-corrected chi connectivity index (χ2v) is 6.22. The summed E-state index contributed by atoms with van der Waals surface area (Å²) in [6.07, 6.45) is 0. The lowest BCUT2D eigenvalue weighted by atomic mass is 10.2. The zero-order valence-corrected chi connectivity index (χ0v) is 14.9. The van der Waals surface area contributed by atoms with Crippen molar-refractivity contribution in [2.75, 3.05) is 12.4 Å². The lowest BCUT2D eigenvalue weighted by Gasteiger charge is -2.22. The van der Waals surface area contributed by atoms with Crippen molar-refractivity contribution in [3.63, 3.8) is 0 Å². The monoisotopic (exact) mass is 369 g/mol. The summed E-state index contributed by atoms with van der Waals surface area (Å²) in [5, 5.41) is 4.56. The lowest BCUT2D eigenvalue weighted by molar-refractivity contribution is 0.263. The van der Waals surface area contributed by atoms with Crippen molar-refractivity contribution in [3.05, 3.63) is 51.8 Å². The van der Waals surface area contributed by atoms with Gasteiger partial charge < -0.3 is 0 Å². The van der Waals surface area contributed by atoms with E-state index in [1.54, 1.807) is 0 Å². The molecule has 0 fully saturated rings. The van der Waals surface area contributed by atoms with Crippen LogP contribution in [0.5, 0.6) is 0 Å². The number of nitrogens with zero attached hydrogens (tertiary/aromatic N) is 3. The Morgan fingerprint density at radius 1 is 1.24 bits per heavy atom. The molecule has 2 rings (SSSR count). The van der Waals surface area contributed by atoms with Crippen LogP contribution in [0, 0.1) is 6.92 Å². The van der Waals surface area contributed by atoms with Gasteiger partial charge in [-0.05, 0) is 35.3 Å². The van der Waals surface area contributed by atoms with Crippen molar-refractivity contribution in [2.24, 2.45) is 0 Å². The van der Waals surface area contributed by atoms with Gasteiger partial charge in [-0.25, -0.2) is 0 Å². The average Bonchev–Trinajstić information content (AvgIpc) is 2.76. The van der Waals surface area contributed by atoms with Gasteiger partial charge in [0.1, 0.15) is 0 Å². The summed E-state index contributed by atoms with van der Waals surface area (Å²) in [6.45, 7) is 7.62. The molecule has 21 heavy (non-hydrogen) atoms. The van der Waals surface area contributed by atoms with Crippen LogP contribution in [0.1, 0.15) is 23.9 Å². The van der Waals surface area contributed by atoms with Gasteiger partial charge in [0.2, 0.25) is 0 Å². The Hall–Kier alpha value is -0.840. The van der Waals surface area contributed by atoms with Crippen LogP contribution in [-0.2, 0) is 19.6 Å². The molecule has 0 saturated heterocycles. The predicted molar refractivity (Wildman–Crippen MR) is 91.6 cm³/mol. The Morgan fingerprint density at radius 3 is 2.57 bits per heavy atom. The molecule has 114 valence electrons. The van der Waals surface area contributed by atoms with Crippen LogP contribution >= 0.6 is 27.5 Å². The molecule has 0 aliphatic heterocycles. The maximum Gasteiger partial charge on any atom is 0.0739 e. The molecule has 0 aliphatic rings. The van der Waals surface area contributed by atoms with E-state index in [2.05, 4.69) is 61.8 Å². The van der Waals surface area contributed by atoms with Crippen molar-refractivity contribution in [2.45, 2.75) is 33.5 Å². The van der Waals surface area contributed by atoms with Crippen molar-refractivity contribution >= 4 is 27.5 Å². The fraction of sp³-hybridized carbons (Fsp3) is 0.438. The van der Waals surface area contributed by atoms with Crippen LogP contribution in [0.25, 0.3) is 0 Å². The van der Waals surface area contributed by atoms with Gasteiger partial charge in [0.05, 0.1) is 15.9 Å². The summed E-state index contributed by atoms with van der Waals surface area (Å²) >= 11 is 9.64. The minimum absolute atomic E-state index is 0.629. The molecule has 0 atom stereocenters. The van der Waals surface area contributed by atoms with Gasteiger partial charge in [-0.3, -0.25) is 9.58 Å². The molecule has 0 bridgehead atoms. The van der Waals surface area contributed by atoms with E-state index >= 15 is 0 Å². The number of halogens is 2. The Bertz CT molecular complexity index is 568. The zero-order chi connectivity index (χ0) is 15.2. The maximum absolute atomic E-state index is 5.97. The molecular weight excluding hydrogens is 350 g/mol. The average molecular weight is 371 g/mol. The van der Waals surface area contributed by atoms with Gasteiger partial charge in [0.15, 0.2) is 0 Å². The van der Waals surface area contributed by atoms with Crippen LogP contribution in [0.4, 0.5) is 0 Å². The third-order valence-electron chi connectivity index (χ3n) is 3.48. The number of rotatable bonds is 7. The standard InChI is InChI=1S/C16H21BrClN3/c1-3-21-15(16(17)13(2)19-21)12-20(10-9-18)11-14-7-5-4-6-8-14/h4-8H,3,9-12H2,1-2H3. The fourth-order valence-corrected chi connectivity index (χ4v) is 3.06. The Kier molecular flexibility index (Phi) is 6.27. The number of benzene rings is 1. The molecule has 0 aliphatic carbocycles. The third kappa shape index (κ3) is 4.31. The summed E-state index contributed by atoms with van der Waals surface area (Å²) in [6, 6.07) is 10.5. The number of hydrogen-bond acceptors (Lipinski definition) is 2. The normalized spacial score (nSPS) is 11.3. The smallest absolute Gasteiger partial charge is 0.0739 e. The minimum atomic E-state index is 0.629. The molecule has 0 radical (unpaired) electrons. The Labute approximate surface area is 140 Å². The van der Waals surface area contributed by atoms with Crippen LogP contribution < -0.4 is 0 Å². The van der Waals surface area contributed by atoms with Crippen LogP contribution in [0.15, 0.2) is 34.8 Å². The first-order chi connectivity index (χ1) is 10.2. The van der Waals surface area contributed by atoms with E-state index in [0.29, 0.717) is 5.88 Å². The highest BCUT2D eigenvalue weighted by molar-refractivity contribution is 9.10. The van der Waals surface area contributed by atoms with E-state index in [0.717, 1.165) is 36.3 Å². The van der Waals surface area contributed by atoms with Gasteiger partial charge >= 0.3 is 0 Å². The van der Waals surface area contributed by atoms with Gasteiger partial charge in [-0.2, -0.15) is 5.10 Å². The highest BCUT2D eigenvalue weighted by atomic mass is 79.9. The summed E-state index contributed by atoms with van der Waals surface area (Å²) < 4.78 is 3.17. The summed E-state index contributed by atoms with van der Waals surface area (Å²) in [4.78, 5) is 2.36. The highest BCUT2D eigenvalue weighted by Crippen LogP contribution is 2.23. The molecular formula is C16H21BrClN3. The molecule has 1 heterocycles. The first kappa shape index (κ1) is 16.5. The summed E-state index contributed by atoms with van der Waals surface area (Å²) in [5.41, 5.74) is 3.56. The van der Waals surface area contributed by atoms with Gasteiger partial charge in [-0.1, -0.05) is 30.3 Å². The number of aromatic nitrogens is 2. The Balaban J connectivity index is 2.16. The predicted octanol–water partition coefficient (Wildman–Crippen LogP) is 4.21. The zero-order valence-electron chi connectivity index (χ0n) is 12.5. The van der Waals surface area contributed by atoms with Crippen LogP contribution in [0.3, 0.4) is 0 Å². The number of aryl methyl sites for hydroxylation is 2. The third-order valence-corrected chi connectivity index (χ3v) is 4.68. The SMILES string of the molecule is CCn1nc(C)c(Br)c1CN(CCCl)Cc1ccccc1. The van der Waals surface area contributed by atoms with Gasteiger partial charge in [0, 0.05) is 32.1 Å². The summed E-state index contributed by atoms with van der Waals surface area (Å²) in [7, 11) is 0. The molecule has 1 aromatic carbocycles. The first-order valence-corrected chi connectivity index (χ1v) is 8.52. The van der Waals surface area contributed by atoms with Crippen LogP contribution in [-0.4, -0.2) is 27.1 Å². The molecule has 0 spiro atoms. The van der Waals surface area contributed by atoms with Crippen molar-refractivity contribution in [3.8, 4) is 0 Å². The number of alkyl halides is 1. The molecule has 1 aromatic heterocycles. The molecule has 0 N–H and O–H groups in total. The van der Waals surface area contributed by atoms with E-state index in [4.69, 9.17) is 11.6 Å². The quantitative estimate of drug-likeness (QED) is 0.681. The lowest BCUT2D eigenvalue weighted by Crippen LogP contribution is -2.26. The van der Waals surface area contributed by atoms with Gasteiger partial charge in [0.25, 0.3) is 0 Å². The fourth-order valence-electron chi connectivity index (χ4n) is 2.41. The second-order valence-electron chi connectivity index (χ2n) is 5.05. The largest absolute Gasteiger partial charge is 0.292 e. The molecule has 2 aromatic rings. The highest BCUT2D eigenvalue weighted by Gasteiger charge is 2.15. The first-order valence-electron chi connectivity index (χ1n) is 7.19. The molecule has 0 saturated carbocycles. The van der Waals surface area contributed by atoms with E-state index in [1.165, 1.54) is 11.3 Å². The maximum atomic E-state index is 5.97. The van der Waals surface area contributed by atoms with E-state index in [9.17, 15) is 0 Å². The summed E-state index contributed by atoms with van der Waals surface area (Å²) in [5.74, 6) is 0.629. The minimum Gasteiger partial charge on any atom is -0.292 e. The topological polar surface area (TPSA) is 21.1 Å². The van der Waals surface area contributed by atoms with Crippen molar-refractivity contribution in [1.82, 2.24) is 14.7 Å². The Morgan fingerprint density at radius 2 is 1.95 bits per heavy atom. The second kappa shape index (κ2) is 7.97. The van der Waals surface area contributed by atoms with Gasteiger partial charge in [-0.15, -0.1) is 11.6 Å². The number of hydrogen-bond donors (Lipinski definition) is 0. The van der Waals surface area contributed by atoms with E-state index in [-0.39, 0.29) is 0 Å². The van der Waals surface area contributed by atoms with Crippen molar-refractivity contribution < 1.29 is 0 Å². The van der Waals surface area contributed by atoms with E-state index < -0.39 is 0 Å². The molecule has 0 amide bonds. The van der Waals surface area contributed by atoms with Crippen LogP contribution in [0.2, 0.25) is 0 Å². The molecule has 5 heteroatoms. The van der Waals surface area contributed by atoms with E-state index in [1.807, 2.05) is 13.0 Å².